The minimum Gasteiger partial charge on any atom is -0.480 e. The summed E-state index contributed by atoms with van der Waals surface area (Å²) >= 11 is 0. The molecule has 1 amide bonds. The van der Waals surface area contributed by atoms with E-state index in [-0.39, 0.29) is 18.9 Å². The molecule has 0 aliphatic carbocycles. The van der Waals surface area contributed by atoms with Crippen molar-refractivity contribution in [1.82, 2.24) is 4.90 Å². The first-order valence-electron chi connectivity index (χ1n) is 5.42. The van der Waals surface area contributed by atoms with Gasteiger partial charge in [0.1, 0.15) is 12.1 Å². The van der Waals surface area contributed by atoms with Crippen LogP contribution < -0.4 is 0 Å². The lowest BCUT2D eigenvalue weighted by Crippen LogP contribution is -2.45. The number of carboxylic acid groups (broad SMARTS) is 1. The molecular weight excluding hydrogens is 214 g/mol. The van der Waals surface area contributed by atoms with Crippen molar-refractivity contribution in [2.24, 2.45) is 0 Å². The highest BCUT2D eigenvalue weighted by atomic mass is 16.5. The molecule has 6 nitrogen and oxygen atoms in total. The van der Waals surface area contributed by atoms with Gasteiger partial charge in [0.2, 0.25) is 0 Å². The summed E-state index contributed by atoms with van der Waals surface area (Å²) in [5, 5.41) is 18.4. The van der Waals surface area contributed by atoms with Gasteiger partial charge in [0.15, 0.2) is 0 Å². The summed E-state index contributed by atoms with van der Waals surface area (Å²) in [5.74, 6) is -1.37. The Hall–Kier alpha value is -1.14. The third-order valence-corrected chi connectivity index (χ3v) is 3.05. The van der Waals surface area contributed by atoms with Gasteiger partial charge in [-0.15, -0.1) is 0 Å². The fraction of sp³-hybridized carbons (Fsp3) is 0.800. The third kappa shape index (κ3) is 2.03. The molecule has 2 rings (SSSR count). The Kier molecular flexibility index (Phi) is 3.11. The molecule has 3 atom stereocenters. The van der Waals surface area contributed by atoms with Crippen LogP contribution in [0, 0.1) is 0 Å². The molecule has 0 aromatic rings. The lowest BCUT2D eigenvalue weighted by Gasteiger charge is -2.23. The van der Waals surface area contributed by atoms with E-state index in [9.17, 15) is 14.7 Å². The number of carbonyl (C=O) groups is 2. The van der Waals surface area contributed by atoms with Crippen LogP contribution >= 0.6 is 0 Å². The number of β-amino-alcohol motifs (C(OH)–C–C–N with tert-alkyl or cyclic N) is 1. The number of aliphatic carboxylic acids is 1. The fourth-order valence-corrected chi connectivity index (χ4v) is 2.25. The monoisotopic (exact) mass is 229 g/mol. The zero-order valence-corrected chi connectivity index (χ0v) is 8.83. The number of aliphatic hydroxyl groups is 1. The number of hydrogen-bond donors (Lipinski definition) is 2. The zero-order valence-electron chi connectivity index (χ0n) is 8.83. The van der Waals surface area contributed by atoms with Crippen LogP contribution in [-0.4, -0.2) is 58.4 Å². The number of hydrogen-bond acceptors (Lipinski definition) is 4. The number of carboxylic acids is 1. The second-order valence-corrected chi connectivity index (χ2v) is 4.24. The van der Waals surface area contributed by atoms with Crippen molar-refractivity contribution < 1.29 is 24.5 Å². The third-order valence-electron chi connectivity index (χ3n) is 3.05. The van der Waals surface area contributed by atoms with E-state index in [0.29, 0.717) is 13.0 Å². The second kappa shape index (κ2) is 4.39. The van der Waals surface area contributed by atoms with E-state index in [0.717, 1.165) is 6.42 Å². The number of carbonyl (C=O) groups excluding carboxylic acids is 1. The quantitative estimate of drug-likeness (QED) is 0.648. The van der Waals surface area contributed by atoms with Crippen LogP contribution in [-0.2, 0) is 14.3 Å². The van der Waals surface area contributed by atoms with E-state index >= 15 is 0 Å². The van der Waals surface area contributed by atoms with Crippen LogP contribution in [0.2, 0.25) is 0 Å². The van der Waals surface area contributed by atoms with E-state index < -0.39 is 24.2 Å². The minimum absolute atomic E-state index is 0.0929. The first-order chi connectivity index (χ1) is 7.59. The zero-order chi connectivity index (χ0) is 11.7. The first-order valence-corrected chi connectivity index (χ1v) is 5.42. The molecule has 0 bridgehead atoms. The van der Waals surface area contributed by atoms with Crippen LogP contribution in [0.4, 0.5) is 0 Å². The molecule has 2 heterocycles. The number of aliphatic hydroxyl groups excluding tert-OH is 1. The largest absolute Gasteiger partial charge is 0.480 e. The second-order valence-electron chi connectivity index (χ2n) is 4.24. The molecule has 0 radical (unpaired) electrons. The van der Waals surface area contributed by atoms with E-state index in [1.54, 1.807) is 0 Å². The predicted molar refractivity (Wildman–Crippen MR) is 52.7 cm³/mol. The molecule has 2 fully saturated rings. The van der Waals surface area contributed by atoms with E-state index in [1.807, 2.05) is 0 Å². The Bertz CT molecular complexity index is 300. The molecule has 0 aromatic heterocycles. The van der Waals surface area contributed by atoms with Crippen LogP contribution in [0.1, 0.15) is 19.3 Å². The molecule has 2 saturated heterocycles. The standard InChI is InChI=1S/C10H15NO5/c12-6-4-7(10(14)15)11(5-6)9(13)8-2-1-3-16-8/h6-8,12H,1-5H2,(H,14,15)/t6?,7-,8?/m0/s1. The smallest absolute Gasteiger partial charge is 0.326 e. The average molecular weight is 229 g/mol. The van der Waals surface area contributed by atoms with Crippen LogP contribution in [0.15, 0.2) is 0 Å². The molecule has 2 unspecified atom stereocenters. The predicted octanol–water partition coefficient (Wildman–Crippen LogP) is -0.788. The van der Waals surface area contributed by atoms with Gasteiger partial charge in [-0.25, -0.2) is 4.79 Å². The highest BCUT2D eigenvalue weighted by Crippen LogP contribution is 2.23. The highest BCUT2D eigenvalue weighted by Gasteiger charge is 2.41. The fourth-order valence-electron chi connectivity index (χ4n) is 2.25. The van der Waals surface area contributed by atoms with Crippen molar-refractivity contribution in [2.75, 3.05) is 13.2 Å². The average Bonchev–Trinajstić information content (AvgIpc) is 2.84. The maximum Gasteiger partial charge on any atom is 0.326 e. The van der Waals surface area contributed by atoms with Gasteiger partial charge in [-0.05, 0) is 12.8 Å². The Balaban J connectivity index is 2.06. The van der Waals surface area contributed by atoms with Gasteiger partial charge in [0.25, 0.3) is 5.91 Å². The topological polar surface area (TPSA) is 87.1 Å². The van der Waals surface area contributed by atoms with Crippen molar-refractivity contribution >= 4 is 11.9 Å². The summed E-state index contributed by atoms with van der Waals surface area (Å²) in [6.07, 6.45) is 0.300. The number of amides is 1. The van der Waals surface area contributed by atoms with Crippen molar-refractivity contribution in [3.05, 3.63) is 0 Å². The Morgan fingerprint density at radius 1 is 1.38 bits per heavy atom. The SMILES string of the molecule is O=C(O)[C@@H]1CC(O)CN1C(=O)C1CCCO1. The molecular formula is C10H15NO5. The van der Waals surface area contributed by atoms with E-state index in [2.05, 4.69) is 0 Å². The number of rotatable bonds is 2. The summed E-state index contributed by atoms with van der Waals surface area (Å²) in [6.45, 7) is 0.639. The molecule has 0 aromatic carbocycles. The van der Waals surface area contributed by atoms with Gasteiger partial charge in [-0.3, -0.25) is 4.79 Å². The van der Waals surface area contributed by atoms with Crippen molar-refractivity contribution in [2.45, 2.75) is 37.5 Å². The molecule has 2 aliphatic heterocycles. The molecule has 16 heavy (non-hydrogen) atoms. The van der Waals surface area contributed by atoms with Gasteiger partial charge >= 0.3 is 5.97 Å². The summed E-state index contributed by atoms with van der Waals surface area (Å²) in [7, 11) is 0. The first kappa shape index (κ1) is 11.3. The Labute approximate surface area is 92.8 Å². The molecule has 2 N–H and O–H groups in total. The Morgan fingerprint density at radius 3 is 2.69 bits per heavy atom. The number of ether oxygens (including phenoxy) is 1. The van der Waals surface area contributed by atoms with Gasteiger partial charge in [0, 0.05) is 19.6 Å². The summed E-state index contributed by atoms with van der Waals surface area (Å²) < 4.78 is 5.22. The highest BCUT2D eigenvalue weighted by molar-refractivity contribution is 5.87. The van der Waals surface area contributed by atoms with Gasteiger partial charge in [0.05, 0.1) is 6.10 Å². The van der Waals surface area contributed by atoms with Crippen LogP contribution in [0.25, 0.3) is 0 Å². The van der Waals surface area contributed by atoms with E-state index in [1.165, 1.54) is 4.90 Å². The maximum atomic E-state index is 11.9. The number of nitrogens with zero attached hydrogens (tertiary/aromatic N) is 1. The molecule has 2 aliphatic rings. The van der Waals surface area contributed by atoms with Gasteiger partial charge in [-0.2, -0.15) is 0 Å². The van der Waals surface area contributed by atoms with Gasteiger partial charge in [-0.1, -0.05) is 0 Å². The molecule has 0 spiro atoms. The summed E-state index contributed by atoms with van der Waals surface area (Å²) in [6, 6.07) is -0.910. The van der Waals surface area contributed by atoms with Crippen LogP contribution in [0.3, 0.4) is 0 Å². The maximum absolute atomic E-state index is 11.9. The minimum atomic E-state index is -1.07. The van der Waals surface area contributed by atoms with Crippen molar-refractivity contribution in [3.63, 3.8) is 0 Å². The number of likely N-dealkylation sites (tertiary alicyclic amines) is 1. The van der Waals surface area contributed by atoms with Crippen molar-refractivity contribution in [1.29, 1.82) is 0 Å². The summed E-state index contributed by atoms with van der Waals surface area (Å²) in [5.41, 5.74) is 0. The van der Waals surface area contributed by atoms with E-state index in [4.69, 9.17) is 9.84 Å². The lowest BCUT2D eigenvalue weighted by atomic mass is 10.2. The lowest BCUT2D eigenvalue weighted by molar-refractivity contribution is -0.152. The summed E-state index contributed by atoms with van der Waals surface area (Å²) in [4.78, 5) is 24.1. The molecule has 90 valence electrons. The van der Waals surface area contributed by atoms with Crippen LogP contribution in [0.5, 0.6) is 0 Å². The van der Waals surface area contributed by atoms with Crippen molar-refractivity contribution in [3.8, 4) is 0 Å². The molecule has 0 saturated carbocycles. The normalized spacial score (nSPS) is 34.3. The Morgan fingerprint density at radius 2 is 2.12 bits per heavy atom. The van der Waals surface area contributed by atoms with Gasteiger partial charge < -0.3 is 19.8 Å². The molecule has 6 heteroatoms.